The summed E-state index contributed by atoms with van der Waals surface area (Å²) in [6.45, 7) is 7.24. The van der Waals surface area contributed by atoms with Gasteiger partial charge >= 0.3 is 0 Å². The minimum atomic E-state index is -0.399. The van der Waals surface area contributed by atoms with Crippen molar-refractivity contribution in [3.63, 3.8) is 0 Å². The van der Waals surface area contributed by atoms with E-state index in [0.717, 1.165) is 0 Å². The fourth-order valence-corrected chi connectivity index (χ4v) is 0.613. The van der Waals surface area contributed by atoms with Crippen LogP contribution in [0.4, 0.5) is 0 Å². The Balaban J connectivity index is 3.52. The Bertz CT molecular complexity index is 209. The molecule has 0 aliphatic rings. The molecule has 0 aromatic carbocycles. The van der Waals surface area contributed by atoms with Crippen molar-refractivity contribution in [2.75, 3.05) is 6.54 Å². The van der Waals surface area contributed by atoms with Crippen LogP contribution in [-0.2, 0) is 14.4 Å². The van der Waals surface area contributed by atoms with Crippen LogP contribution >= 0.6 is 0 Å². The van der Waals surface area contributed by atoms with Gasteiger partial charge in [-0.15, -0.1) is 0 Å². The van der Waals surface area contributed by atoms with Gasteiger partial charge < -0.3 is 5.32 Å². The number of nitrogens with one attached hydrogen (secondary N) is 2. The van der Waals surface area contributed by atoms with E-state index in [9.17, 15) is 9.59 Å². The summed E-state index contributed by atoms with van der Waals surface area (Å²) in [6.07, 6.45) is 0.218. The highest BCUT2D eigenvalue weighted by Crippen LogP contribution is 2.03. The van der Waals surface area contributed by atoms with Gasteiger partial charge in [-0.1, -0.05) is 0 Å². The predicted molar refractivity (Wildman–Crippen MR) is 52.3 cm³/mol. The van der Waals surface area contributed by atoms with Gasteiger partial charge in [-0.25, -0.2) is 5.48 Å². The van der Waals surface area contributed by atoms with Crippen LogP contribution in [0.15, 0.2) is 0 Å². The Morgan fingerprint density at radius 3 is 2.29 bits per heavy atom. The molecule has 0 saturated heterocycles. The average molecular weight is 202 g/mol. The van der Waals surface area contributed by atoms with Crippen LogP contribution in [0.1, 0.15) is 34.1 Å². The molecular formula is C9H18N2O3. The molecule has 2 amide bonds. The van der Waals surface area contributed by atoms with Crippen LogP contribution < -0.4 is 10.8 Å². The first-order valence-corrected chi connectivity index (χ1v) is 4.52. The van der Waals surface area contributed by atoms with Crippen molar-refractivity contribution < 1.29 is 14.4 Å². The molecule has 0 atom stereocenters. The van der Waals surface area contributed by atoms with Crippen molar-refractivity contribution in [2.45, 2.75) is 39.7 Å². The number of amides is 2. The SMILES string of the molecule is CC(=O)NCCC(=O)NOC(C)(C)C. The maximum absolute atomic E-state index is 11.1. The highest BCUT2D eigenvalue weighted by Gasteiger charge is 2.12. The van der Waals surface area contributed by atoms with Gasteiger partial charge in [-0.2, -0.15) is 0 Å². The van der Waals surface area contributed by atoms with E-state index in [1.165, 1.54) is 6.92 Å². The molecule has 2 N–H and O–H groups in total. The summed E-state index contributed by atoms with van der Waals surface area (Å²) in [5.74, 6) is -0.386. The zero-order valence-electron chi connectivity index (χ0n) is 9.14. The molecule has 0 aliphatic carbocycles. The molecule has 0 saturated carbocycles. The number of hydrogen-bond acceptors (Lipinski definition) is 3. The first kappa shape index (κ1) is 12.9. The van der Waals surface area contributed by atoms with Crippen molar-refractivity contribution in [3.05, 3.63) is 0 Å². The summed E-state index contributed by atoms with van der Waals surface area (Å²) in [4.78, 5) is 26.6. The molecule has 0 bridgehead atoms. The minimum absolute atomic E-state index is 0.144. The maximum atomic E-state index is 11.1. The van der Waals surface area contributed by atoms with Crippen LogP contribution in [-0.4, -0.2) is 24.0 Å². The number of carbonyl (C=O) groups is 2. The van der Waals surface area contributed by atoms with Crippen LogP contribution in [0.25, 0.3) is 0 Å². The Morgan fingerprint density at radius 1 is 1.29 bits per heavy atom. The molecule has 0 aromatic rings. The fourth-order valence-electron chi connectivity index (χ4n) is 0.613. The molecule has 5 nitrogen and oxygen atoms in total. The lowest BCUT2D eigenvalue weighted by molar-refractivity contribution is -0.145. The summed E-state index contributed by atoms with van der Waals surface area (Å²) >= 11 is 0. The molecular weight excluding hydrogens is 184 g/mol. The Hall–Kier alpha value is -1.10. The third-order valence-corrected chi connectivity index (χ3v) is 1.20. The lowest BCUT2D eigenvalue weighted by Crippen LogP contribution is -2.35. The van der Waals surface area contributed by atoms with Crippen molar-refractivity contribution in [1.82, 2.24) is 10.8 Å². The zero-order chi connectivity index (χ0) is 11.2. The van der Waals surface area contributed by atoms with E-state index in [0.29, 0.717) is 6.54 Å². The average Bonchev–Trinajstić information content (AvgIpc) is 1.99. The second-order valence-corrected chi connectivity index (χ2v) is 3.97. The first-order valence-electron chi connectivity index (χ1n) is 4.52. The van der Waals surface area contributed by atoms with Crippen LogP contribution in [0, 0.1) is 0 Å². The predicted octanol–water partition coefficient (Wildman–Crippen LogP) is 0.359. The number of carbonyl (C=O) groups excluding carboxylic acids is 2. The Morgan fingerprint density at radius 2 is 1.86 bits per heavy atom. The topological polar surface area (TPSA) is 67.4 Å². The molecule has 0 unspecified atom stereocenters. The van der Waals surface area contributed by atoms with Gasteiger partial charge in [0.15, 0.2) is 0 Å². The van der Waals surface area contributed by atoms with Gasteiger partial charge in [-0.3, -0.25) is 14.4 Å². The van der Waals surface area contributed by atoms with E-state index < -0.39 is 5.60 Å². The monoisotopic (exact) mass is 202 g/mol. The molecule has 0 heterocycles. The van der Waals surface area contributed by atoms with Gasteiger partial charge in [0, 0.05) is 19.9 Å². The maximum Gasteiger partial charge on any atom is 0.245 e. The molecule has 5 heteroatoms. The van der Waals surface area contributed by atoms with Gasteiger partial charge in [0.1, 0.15) is 0 Å². The number of hydroxylamine groups is 1. The Kier molecular flexibility index (Phi) is 5.15. The quantitative estimate of drug-likeness (QED) is 0.647. The third-order valence-electron chi connectivity index (χ3n) is 1.20. The van der Waals surface area contributed by atoms with E-state index in [1.54, 1.807) is 0 Å². The summed E-state index contributed by atoms with van der Waals surface area (Å²) < 4.78 is 0. The number of rotatable bonds is 4. The van der Waals surface area contributed by atoms with Gasteiger partial charge in [-0.05, 0) is 20.8 Å². The standard InChI is InChI=1S/C9H18N2O3/c1-7(12)10-6-5-8(13)11-14-9(2,3)4/h5-6H2,1-4H3,(H,10,12)(H,11,13). The highest BCUT2D eigenvalue weighted by atomic mass is 16.7. The highest BCUT2D eigenvalue weighted by molar-refractivity contribution is 5.77. The summed E-state index contributed by atoms with van der Waals surface area (Å²) in [5, 5.41) is 2.52. The largest absolute Gasteiger partial charge is 0.356 e. The van der Waals surface area contributed by atoms with Gasteiger partial charge in [0.2, 0.25) is 11.8 Å². The molecule has 82 valence electrons. The van der Waals surface area contributed by atoms with Crippen molar-refractivity contribution in [2.24, 2.45) is 0 Å². The van der Waals surface area contributed by atoms with Crippen molar-refractivity contribution in [1.29, 1.82) is 0 Å². The van der Waals surface area contributed by atoms with E-state index in [1.807, 2.05) is 20.8 Å². The third kappa shape index (κ3) is 8.99. The second-order valence-electron chi connectivity index (χ2n) is 3.97. The van der Waals surface area contributed by atoms with Crippen molar-refractivity contribution >= 4 is 11.8 Å². The molecule has 0 aromatic heterocycles. The minimum Gasteiger partial charge on any atom is -0.356 e. The zero-order valence-corrected chi connectivity index (χ0v) is 9.14. The van der Waals surface area contributed by atoms with Crippen LogP contribution in [0.3, 0.4) is 0 Å². The summed E-state index contributed by atoms with van der Waals surface area (Å²) in [7, 11) is 0. The van der Waals surface area contributed by atoms with Crippen LogP contribution in [0.5, 0.6) is 0 Å². The van der Waals surface area contributed by atoms with Crippen molar-refractivity contribution in [3.8, 4) is 0 Å². The lowest BCUT2D eigenvalue weighted by atomic mass is 10.2. The van der Waals surface area contributed by atoms with E-state index in [2.05, 4.69) is 10.8 Å². The Labute approximate surface area is 84.1 Å². The number of hydrogen-bond donors (Lipinski definition) is 2. The molecule has 14 heavy (non-hydrogen) atoms. The molecule has 0 spiro atoms. The smallest absolute Gasteiger partial charge is 0.245 e. The second kappa shape index (κ2) is 5.59. The molecule has 0 fully saturated rings. The van der Waals surface area contributed by atoms with Gasteiger partial charge in [0.25, 0.3) is 0 Å². The summed E-state index contributed by atoms with van der Waals surface area (Å²) in [6, 6.07) is 0. The summed E-state index contributed by atoms with van der Waals surface area (Å²) in [5.41, 5.74) is 1.91. The fraction of sp³-hybridized carbons (Fsp3) is 0.778. The van der Waals surface area contributed by atoms with E-state index in [-0.39, 0.29) is 18.2 Å². The van der Waals surface area contributed by atoms with Gasteiger partial charge in [0.05, 0.1) is 5.60 Å². The first-order chi connectivity index (χ1) is 6.31. The molecule has 0 radical (unpaired) electrons. The van der Waals surface area contributed by atoms with Crippen LogP contribution in [0.2, 0.25) is 0 Å². The molecule has 0 aliphatic heterocycles. The van der Waals surface area contributed by atoms with E-state index in [4.69, 9.17) is 4.84 Å². The normalized spacial score (nSPS) is 10.9. The van der Waals surface area contributed by atoms with E-state index >= 15 is 0 Å². The molecule has 0 rings (SSSR count). The lowest BCUT2D eigenvalue weighted by Gasteiger charge is -2.18.